The summed E-state index contributed by atoms with van der Waals surface area (Å²) in [7, 11) is -6.87. The first-order valence-electron chi connectivity index (χ1n) is 10.5. The Kier molecular flexibility index (Phi) is 6.69. The Morgan fingerprint density at radius 2 is 1.59 bits per heavy atom. The average Bonchev–Trinajstić information content (AvgIpc) is 3.22. The van der Waals surface area contributed by atoms with E-state index in [-0.39, 0.29) is 15.8 Å². The van der Waals surface area contributed by atoms with Crippen molar-refractivity contribution in [1.29, 1.82) is 0 Å². The van der Waals surface area contributed by atoms with Gasteiger partial charge in [-0.3, -0.25) is 4.72 Å². The smallest absolute Gasteiger partial charge is 0.238 e. The number of hydrogen-bond donors (Lipinski definition) is 1. The van der Waals surface area contributed by atoms with Crippen LogP contribution in [0.15, 0.2) is 58.8 Å². The number of nitrogens with one attached hydrogen (secondary N) is 1. The number of sulfonamides is 1. The van der Waals surface area contributed by atoms with E-state index in [0.717, 1.165) is 17.4 Å². The van der Waals surface area contributed by atoms with Crippen LogP contribution in [-0.4, -0.2) is 28.1 Å². The summed E-state index contributed by atoms with van der Waals surface area (Å²) < 4.78 is 51.0. The van der Waals surface area contributed by atoms with Crippen LogP contribution in [0, 0.1) is 0 Å². The summed E-state index contributed by atoms with van der Waals surface area (Å²) in [4.78, 5) is 4.58. The van der Waals surface area contributed by atoms with Crippen LogP contribution in [-0.2, 0) is 25.6 Å². The number of aromatic nitrogens is 1. The van der Waals surface area contributed by atoms with Crippen LogP contribution in [0.5, 0.6) is 0 Å². The van der Waals surface area contributed by atoms with Crippen LogP contribution in [0.4, 0.5) is 5.13 Å². The second-order valence-electron chi connectivity index (χ2n) is 8.27. The van der Waals surface area contributed by atoms with Crippen LogP contribution >= 0.6 is 11.3 Å². The largest absolute Gasteiger partial charge is 0.258 e. The van der Waals surface area contributed by atoms with Crippen molar-refractivity contribution in [2.24, 2.45) is 0 Å². The van der Waals surface area contributed by atoms with E-state index >= 15 is 0 Å². The van der Waals surface area contributed by atoms with Gasteiger partial charge >= 0.3 is 0 Å². The third kappa shape index (κ3) is 5.76. The van der Waals surface area contributed by atoms with Gasteiger partial charge in [-0.2, -0.15) is 0 Å². The molecule has 4 rings (SSSR count). The van der Waals surface area contributed by atoms with Gasteiger partial charge in [0.1, 0.15) is 0 Å². The minimum Gasteiger partial charge on any atom is -0.258 e. The zero-order valence-electron chi connectivity index (χ0n) is 17.8. The molecule has 1 fully saturated rings. The molecule has 9 heteroatoms. The van der Waals surface area contributed by atoms with E-state index in [1.54, 1.807) is 17.5 Å². The zero-order chi connectivity index (χ0) is 22.8. The predicted molar refractivity (Wildman–Crippen MR) is 129 cm³/mol. The lowest BCUT2D eigenvalue weighted by molar-refractivity contribution is 0.443. The highest BCUT2D eigenvalue weighted by Crippen LogP contribution is 2.33. The fourth-order valence-electron chi connectivity index (χ4n) is 4.04. The molecule has 0 radical (unpaired) electrons. The quantitative estimate of drug-likeness (QED) is 0.491. The molecule has 2 aromatic carbocycles. The molecule has 1 aromatic heterocycles. The maximum absolute atomic E-state index is 12.6. The van der Waals surface area contributed by atoms with Gasteiger partial charge in [0.05, 0.1) is 16.3 Å². The van der Waals surface area contributed by atoms with Crippen molar-refractivity contribution in [2.75, 3.05) is 11.0 Å². The molecule has 0 bridgehead atoms. The molecule has 1 aliphatic carbocycles. The van der Waals surface area contributed by atoms with Crippen molar-refractivity contribution in [3.8, 4) is 11.3 Å². The highest BCUT2D eigenvalue weighted by atomic mass is 32.2. The number of nitrogens with zero attached hydrogens (tertiary/aromatic N) is 1. The van der Waals surface area contributed by atoms with Crippen LogP contribution in [0.1, 0.15) is 49.1 Å². The van der Waals surface area contributed by atoms with E-state index in [2.05, 4.69) is 21.8 Å². The van der Waals surface area contributed by atoms with Gasteiger partial charge in [0, 0.05) is 17.2 Å². The Bertz CT molecular complexity index is 1270. The van der Waals surface area contributed by atoms with Crippen molar-refractivity contribution in [2.45, 2.75) is 48.7 Å². The first-order chi connectivity index (χ1) is 15.2. The van der Waals surface area contributed by atoms with E-state index in [0.29, 0.717) is 11.6 Å². The zero-order valence-corrected chi connectivity index (χ0v) is 20.3. The number of hydrogen-bond acceptors (Lipinski definition) is 6. The molecule has 3 aromatic rings. The molecule has 1 heterocycles. The first kappa shape index (κ1) is 22.9. The van der Waals surface area contributed by atoms with Crippen molar-refractivity contribution < 1.29 is 16.8 Å². The van der Waals surface area contributed by atoms with Gasteiger partial charge in [0.2, 0.25) is 10.0 Å². The van der Waals surface area contributed by atoms with Gasteiger partial charge in [0.15, 0.2) is 15.0 Å². The third-order valence-corrected chi connectivity index (χ3v) is 8.97. The molecule has 1 aliphatic rings. The Morgan fingerprint density at radius 3 is 2.22 bits per heavy atom. The fourth-order valence-corrected chi connectivity index (χ4v) is 6.82. The topological polar surface area (TPSA) is 93.2 Å². The monoisotopic (exact) mass is 490 g/mol. The van der Waals surface area contributed by atoms with E-state index in [1.807, 2.05) is 12.1 Å². The molecule has 170 valence electrons. The average molecular weight is 491 g/mol. The SMILES string of the molecule is CS(=O)(=O)c1ccc(-c2csc(NS(=O)(=O)Cc3ccc(C4CCCCC4)cc3)n2)cc1. The minimum absolute atomic E-state index is 0.115. The molecule has 1 saturated carbocycles. The van der Waals surface area contributed by atoms with E-state index in [9.17, 15) is 16.8 Å². The highest BCUT2D eigenvalue weighted by Gasteiger charge is 2.18. The third-order valence-electron chi connectivity index (χ3n) is 5.74. The second kappa shape index (κ2) is 9.33. The van der Waals surface area contributed by atoms with Crippen molar-refractivity contribution >= 4 is 36.3 Å². The van der Waals surface area contributed by atoms with Gasteiger partial charge in [-0.1, -0.05) is 55.7 Å². The number of anilines is 1. The summed E-state index contributed by atoms with van der Waals surface area (Å²) in [6, 6.07) is 14.3. The molecule has 0 amide bonds. The van der Waals surface area contributed by atoms with Crippen LogP contribution in [0.3, 0.4) is 0 Å². The first-order valence-corrected chi connectivity index (χ1v) is 15.0. The van der Waals surface area contributed by atoms with Gasteiger partial charge < -0.3 is 0 Å². The van der Waals surface area contributed by atoms with Gasteiger partial charge in [-0.25, -0.2) is 21.8 Å². The summed E-state index contributed by atoms with van der Waals surface area (Å²) in [5, 5.41) is 2.03. The number of rotatable bonds is 7. The van der Waals surface area contributed by atoms with E-state index in [1.165, 1.54) is 61.1 Å². The van der Waals surface area contributed by atoms with Gasteiger partial charge in [0.25, 0.3) is 0 Å². The Balaban J connectivity index is 1.41. The minimum atomic E-state index is -3.60. The predicted octanol–water partition coefficient (Wildman–Crippen LogP) is 5.20. The summed E-state index contributed by atoms with van der Waals surface area (Å²) in [6.45, 7) is 0. The maximum atomic E-state index is 12.6. The van der Waals surface area contributed by atoms with Gasteiger partial charge in [-0.15, -0.1) is 11.3 Å². The number of thiazole rings is 1. The fraction of sp³-hybridized carbons (Fsp3) is 0.348. The molecular weight excluding hydrogens is 464 g/mol. The molecule has 0 atom stereocenters. The molecule has 0 saturated heterocycles. The standard InChI is InChI=1S/C23H26N2O4S3/c1-31(26,27)21-13-11-20(12-14-21)22-15-30-23(24-22)25-32(28,29)16-17-7-9-19(10-8-17)18-5-3-2-4-6-18/h7-15,18H,2-6,16H2,1H3,(H,24,25). The Labute approximate surface area is 193 Å². The summed E-state index contributed by atoms with van der Waals surface area (Å²) >= 11 is 1.19. The summed E-state index contributed by atoms with van der Waals surface area (Å²) in [5.41, 5.74) is 3.34. The Morgan fingerprint density at radius 1 is 0.938 bits per heavy atom. The lowest BCUT2D eigenvalue weighted by Crippen LogP contribution is -2.15. The van der Waals surface area contributed by atoms with E-state index in [4.69, 9.17) is 0 Å². The number of sulfone groups is 1. The molecular formula is C23H26N2O4S3. The van der Waals surface area contributed by atoms with Gasteiger partial charge in [-0.05, 0) is 42.0 Å². The van der Waals surface area contributed by atoms with Crippen LogP contribution in [0.25, 0.3) is 11.3 Å². The molecule has 1 N–H and O–H groups in total. The molecule has 32 heavy (non-hydrogen) atoms. The van der Waals surface area contributed by atoms with Crippen molar-refractivity contribution in [1.82, 2.24) is 4.98 Å². The second-order valence-corrected chi connectivity index (χ2v) is 12.9. The molecule has 0 unspecified atom stereocenters. The molecule has 6 nitrogen and oxygen atoms in total. The van der Waals surface area contributed by atoms with Crippen molar-refractivity contribution in [3.63, 3.8) is 0 Å². The van der Waals surface area contributed by atoms with E-state index < -0.39 is 19.9 Å². The summed E-state index contributed by atoms with van der Waals surface area (Å²) in [6.07, 6.45) is 7.42. The lowest BCUT2D eigenvalue weighted by Gasteiger charge is -2.22. The van der Waals surface area contributed by atoms with Crippen molar-refractivity contribution in [3.05, 3.63) is 65.0 Å². The van der Waals surface area contributed by atoms with Crippen LogP contribution < -0.4 is 4.72 Å². The normalized spacial score (nSPS) is 15.5. The maximum Gasteiger partial charge on any atom is 0.238 e. The summed E-state index contributed by atoms with van der Waals surface area (Å²) in [5.74, 6) is 0.475. The highest BCUT2D eigenvalue weighted by molar-refractivity contribution is 7.92. The molecule has 0 aliphatic heterocycles. The lowest BCUT2D eigenvalue weighted by atomic mass is 9.84. The van der Waals surface area contributed by atoms with Crippen LogP contribution in [0.2, 0.25) is 0 Å². The molecule has 0 spiro atoms. The Hall–Kier alpha value is -2.23. The number of benzene rings is 2.